The molecule has 30 heavy (non-hydrogen) atoms. The third-order valence-corrected chi connectivity index (χ3v) is 5.01. The van der Waals surface area contributed by atoms with E-state index in [9.17, 15) is 19.7 Å². The molecule has 3 aromatic rings. The second-order valence-corrected chi connectivity index (χ2v) is 6.94. The van der Waals surface area contributed by atoms with Gasteiger partial charge < -0.3 is 4.74 Å². The number of ether oxygens (including phenoxy) is 1. The molecule has 9 heteroatoms. The summed E-state index contributed by atoms with van der Waals surface area (Å²) in [6.45, 7) is 3.81. The van der Waals surface area contributed by atoms with Crippen LogP contribution in [-0.4, -0.2) is 35.4 Å². The van der Waals surface area contributed by atoms with E-state index in [2.05, 4.69) is 16.3 Å². The van der Waals surface area contributed by atoms with E-state index in [0.29, 0.717) is 10.8 Å². The standard InChI is InChI=1S/C21H17N3O5S/c1-3-9-23(21-22-18(13-30-21)14-7-5-4-6-8-14)19(25)15-10-16(20(26)29-2)12-17(11-15)24(27)28/h3-8,10-13H,1,9H2,2H3. The molecule has 0 atom stereocenters. The molecule has 0 saturated carbocycles. The van der Waals surface area contributed by atoms with E-state index in [0.717, 1.165) is 24.8 Å². The topological polar surface area (TPSA) is 103 Å². The molecule has 1 amide bonds. The van der Waals surface area contributed by atoms with Crippen molar-refractivity contribution in [2.45, 2.75) is 0 Å². The molecule has 0 radical (unpaired) electrons. The number of methoxy groups -OCH3 is 1. The molecule has 0 aliphatic rings. The Morgan fingerprint density at radius 1 is 1.23 bits per heavy atom. The molecule has 0 N–H and O–H groups in total. The number of anilines is 1. The number of carbonyl (C=O) groups excluding carboxylic acids is 2. The average molecular weight is 423 g/mol. The first-order chi connectivity index (χ1) is 14.4. The summed E-state index contributed by atoms with van der Waals surface area (Å²) in [5, 5.41) is 13.5. The van der Waals surface area contributed by atoms with Gasteiger partial charge in [-0.05, 0) is 6.07 Å². The van der Waals surface area contributed by atoms with E-state index in [1.807, 2.05) is 35.7 Å². The van der Waals surface area contributed by atoms with E-state index < -0.39 is 16.8 Å². The number of hydrogen-bond acceptors (Lipinski definition) is 7. The molecule has 0 aliphatic heterocycles. The second-order valence-electron chi connectivity index (χ2n) is 6.10. The number of nitrogens with zero attached hydrogens (tertiary/aromatic N) is 3. The molecule has 0 saturated heterocycles. The van der Waals surface area contributed by atoms with Gasteiger partial charge in [-0.1, -0.05) is 36.4 Å². The number of amides is 1. The van der Waals surface area contributed by atoms with Crippen molar-refractivity contribution in [3.8, 4) is 11.3 Å². The normalized spacial score (nSPS) is 10.3. The van der Waals surface area contributed by atoms with Gasteiger partial charge in [-0.25, -0.2) is 9.78 Å². The summed E-state index contributed by atoms with van der Waals surface area (Å²) in [6, 6.07) is 12.9. The number of esters is 1. The van der Waals surface area contributed by atoms with Crippen molar-refractivity contribution in [2.75, 3.05) is 18.6 Å². The summed E-state index contributed by atoms with van der Waals surface area (Å²) in [5.41, 5.74) is 1.10. The van der Waals surface area contributed by atoms with Crippen LogP contribution in [0.5, 0.6) is 0 Å². The summed E-state index contributed by atoms with van der Waals surface area (Å²) in [4.78, 5) is 41.6. The van der Waals surface area contributed by atoms with Crippen LogP contribution in [0.4, 0.5) is 10.8 Å². The van der Waals surface area contributed by atoms with Crippen LogP contribution in [0.25, 0.3) is 11.3 Å². The summed E-state index contributed by atoms with van der Waals surface area (Å²) in [5.74, 6) is -1.32. The van der Waals surface area contributed by atoms with Crippen LogP contribution in [0.15, 0.2) is 66.6 Å². The van der Waals surface area contributed by atoms with Gasteiger partial charge in [-0.2, -0.15) is 0 Å². The van der Waals surface area contributed by atoms with Gasteiger partial charge >= 0.3 is 5.97 Å². The number of aromatic nitrogens is 1. The van der Waals surface area contributed by atoms with E-state index in [4.69, 9.17) is 0 Å². The highest BCUT2D eigenvalue weighted by atomic mass is 32.1. The maximum absolute atomic E-state index is 13.2. The van der Waals surface area contributed by atoms with Gasteiger partial charge in [0.25, 0.3) is 11.6 Å². The smallest absolute Gasteiger partial charge is 0.338 e. The van der Waals surface area contributed by atoms with Crippen LogP contribution < -0.4 is 4.90 Å². The lowest BCUT2D eigenvalue weighted by molar-refractivity contribution is -0.384. The number of rotatable bonds is 7. The van der Waals surface area contributed by atoms with Crippen molar-refractivity contribution >= 4 is 34.0 Å². The largest absolute Gasteiger partial charge is 0.465 e. The van der Waals surface area contributed by atoms with Crippen LogP contribution in [0.2, 0.25) is 0 Å². The highest BCUT2D eigenvalue weighted by molar-refractivity contribution is 7.14. The zero-order valence-corrected chi connectivity index (χ0v) is 16.8. The van der Waals surface area contributed by atoms with Gasteiger partial charge in [-0.15, -0.1) is 17.9 Å². The van der Waals surface area contributed by atoms with Gasteiger partial charge in [0.1, 0.15) is 0 Å². The van der Waals surface area contributed by atoms with E-state index in [-0.39, 0.29) is 23.4 Å². The number of benzene rings is 2. The molecular weight excluding hydrogens is 406 g/mol. The van der Waals surface area contributed by atoms with Gasteiger partial charge in [0, 0.05) is 35.2 Å². The van der Waals surface area contributed by atoms with Gasteiger partial charge in [0.15, 0.2) is 5.13 Å². The molecule has 8 nitrogen and oxygen atoms in total. The van der Waals surface area contributed by atoms with E-state index in [1.54, 1.807) is 0 Å². The van der Waals surface area contributed by atoms with Crippen molar-refractivity contribution in [3.05, 3.63) is 87.8 Å². The lowest BCUT2D eigenvalue weighted by atomic mass is 10.1. The highest BCUT2D eigenvalue weighted by Gasteiger charge is 2.24. The lowest BCUT2D eigenvalue weighted by Crippen LogP contribution is -2.31. The van der Waals surface area contributed by atoms with Gasteiger partial charge in [-0.3, -0.25) is 19.8 Å². The Bertz CT molecular complexity index is 1110. The summed E-state index contributed by atoms with van der Waals surface area (Å²) in [7, 11) is 1.16. The van der Waals surface area contributed by atoms with E-state index >= 15 is 0 Å². The minimum absolute atomic E-state index is 0.0251. The van der Waals surface area contributed by atoms with Gasteiger partial charge in [0.2, 0.25) is 0 Å². The Hall–Kier alpha value is -3.85. The van der Waals surface area contributed by atoms with Crippen molar-refractivity contribution in [2.24, 2.45) is 0 Å². The zero-order chi connectivity index (χ0) is 21.7. The third-order valence-electron chi connectivity index (χ3n) is 4.15. The Kier molecular flexibility index (Phi) is 6.33. The van der Waals surface area contributed by atoms with E-state index in [1.165, 1.54) is 28.4 Å². The fourth-order valence-corrected chi connectivity index (χ4v) is 3.58. The molecule has 0 fully saturated rings. The second kappa shape index (κ2) is 9.10. The van der Waals surface area contributed by atoms with Crippen molar-refractivity contribution in [1.29, 1.82) is 0 Å². The van der Waals surface area contributed by atoms with Crippen molar-refractivity contribution in [1.82, 2.24) is 4.98 Å². The first-order valence-corrected chi connectivity index (χ1v) is 9.64. The zero-order valence-electron chi connectivity index (χ0n) is 16.0. The highest BCUT2D eigenvalue weighted by Crippen LogP contribution is 2.29. The molecule has 0 aliphatic carbocycles. The van der Waals surface area contributed by atoms with Crippen LogP contribution in [-0.2, 0) is 4.74 Å². The monoisotopic (exact) mass is 423 g/mol. The maximum atomic E-state index is 13.2. The number of non-ortho nitro benzene ring substituents is 1. The number of nitro groups is 1. The Labute approximate surface area is 176 Å². The summed E-state index contributed by atoms with van der Waals surface area (Å²) < 4.78 is 4.64. The SMILES string of the molecule is C=CCN(C(=O)c1cc(C(=O)OC)cc([N+](=O)[O-])c1)c1nc(-c2ccccc2)cs1. The van der Waals surface area contributed by atoms with Crippen LogP contribution in [0.1, 0.15) is 20.7 Å². The first-order valence-electron chi connectivity index (χ1n) is 8.76. The number of thiazole rings is 1. The molecule has 152 valence electrons. The fraction of sp³-hybridized carbons (Fsp3) is 0.0952. The predicted molar refractivity (Wildman–Crippen MR) is 114 cm³/mol. The molecule has 1 aromatic heterocycles. The van der Waals surface area contributed by atoms with Crippen LogP contribution in [0, 0.1) is 10.1 Å². The summed E-state index contributed by atoms with van der Waals surface area (Å²) in [6.07, 6.45) is 1.53. The first kappa shape index (κ1) is 20.9. The Morgan fingerprint density at radius 3 is 2.57 bits per heavy atom. The van der Waals surface area contributed by atoms with Gasteiger partial charge in [0.05, 0.1) is 23.3 Å². The third kappa shape index (κ3) is 4.41. The summed E-state index contributed by atoms with van der Waals surface area (Å²) >= 11 is 1.26. The Balaban J connectivity index is 2.01. The molecule has 2 aromatic carbocycles. The molecule has 3 rings (SSSR count). The Morgan fingerprint density at radius 2 is 1.93 bits per heavy atom. The number of nitro benzene ring substituents is 1. The maximum Gasteiger partial charge on any atom is 0.338 e. The number of carbonyl (C=O) groups is 2. The minimum Gasteiger partial charge on any atom is -0.465 e. The number of hydrogen-bond donors (Lipinski definition) is 0. The van der Waals surface area contributed by atoms with Crippen LogP contribution in [0.3, 0.4) is 0 Å². The van der Waals surface area contributed by atoms with Crippen LogP contribution >= 0.6 is 11.3 Å². The predicted octanol–water partition coefficient (Wildman–Crippen LogP) is 4.34. The molecule has 0 unspecified atom stereocenters. The minimum atomic E-state index is -0.774. The van der Waals surface area contributed by atoms with Crippen molar-refractivity contribution < 1.29 is 19.2 Å². The quantitative estimate of drug-likeness (QED) is 0.242. The fourth-order valence-electron chi connectivity index (χ4n) is 2.74. The molecular formula is C21H17N3O5S. The average Bonchev–Trinajstić information content (AvgIpc) is 3.26. The lowest BCUT2D eigenvalue weighted by Gasteiger charge is -2.18. The molecule has 1 heterocycles. The molecule has 0 spiro atoms. The van der Waals surface area contributed by atoms with Crippen molar-refractivity contribution in [3.63, 3.8) is 0 Å². The molecule has 0 bridgehead atoms.